The zero-order valence-corrected chi connectivity index (χ0v) is 7.34. The highest BCUT2D eigenvalue weighted by Crippen LogP contribution is 2.01. The second-order valence-electron chi connectivity index (χ2n) is 2.68. The van der Waals surface area contributed by atoms with Gasteiger partial charge in [-0.15, -0.1) is 0 Å². The van der Waals surface area contributed by atoms with Crippen LogP contribution in [0, 0.1) is 0 Å². The molecule has 0 aliphatic carbocycles. The molecule has 64 valence electrons. The van der Waals surface area contributed by atoms with Crippen LogP contribution in [0.4, 0.5) is 0 Å². The summed E-state index contributed by atoms with van der Waals surface area (Å²) in [7, 11) is 0. The van der Waals surface area contributed by atoms with Crippen molar-refractivity contribution in [3.63, 3.8) is 0 Å². The molecule has 1 N–H and O–H groups in total. The third-order valence-corrected chi connectivity index (χ3v) is 1.51. The molecule has 0 aromatic carbocycles. The van der Waals surface area contributed by atoms with Crippen molar-refractivity contribution >= 4 is 0 Å². The van der Waals surface area contributed by atoms with Crippen LogP contribution in [0.5, 0.6) is 0 Å². The number of rotatable bonds is 6. The topological polar surface area (TPSA) is 20.2 Å². The van der Waals surface area contributed by atoms with Crippen LogP contribution in [0.1, 0.15) is 32.6 Å². The maximum absolute atomic E-state index is 8.54. The van der Waals surface area contributed by atoms with Crippen LogP contribution in [0.2, 0.25) is 0 Å². The molecule has 0 aliphatic heterocycles. The Balaban J connectivity index is 3.32. The van der Waals surface area contributed by atoms with E-state index in [9.17, 15) is 0 Å². The summed E-state index contributed by atoms with van der Waals surface area (Å²) in [5, 5.41) is 8.54. The first-order valence-electron chi connectivity index (χ1n) is 4.26. The molecule has 0 bridgehead atoms. The molecule has 0 fully saturated rings. The van der Waals surface area contributed by atoms with Crippen molar-refractivity contribution < 1.29 is 5.11 Å². The van der Waals surface area contributed by atoms with Crippen LogP contribution >= 0.6 is 0 Å². The Kier molecular flexibility index (Phi) is 7.16. The van der Waals surface area contributed by atoms with Crippen molar-refractivity contribution in [1.29, 1.82) is 0 Å². The van der Waals surface area contributed by atoms with Gasteiger partial charge in [-0.1, -0.05) is 44.1 Å². The van der Waals surface area contributed by atoms with Crippen molar-refractivity contribution in [2.75, 3.05) is 6.61 Å². The molecular weight excluding hydrogens is 136 g/mol. The minimum Gasteiger partial charge on any atom is -0.396 e. The summed E-state index contributed by atoms with van der Waals surface area (Å²) in [4.78, 5) is 0. The van der Waals surface area contributed by atoms with Crippen LogP contribution in [-0.4, -0.2) is 11.7 Å². The molecule has 1 nitrogen and oxygen atoms in total. The zero-order chi connectivity index (χ0) is 8.53. The molecule has 0 heterocycles. The van der Waals surface area contributed by atoms with Gasteiger partial charge in [-0.25, -0.2) is 0 Å². The molecule has 0 radical (unpaired) electrons. The Morgan fingerprint density at radius 2 is 2.27 bits per heavy atom. The predicted octanol–water partition coefficient (Wildman–Crippen LogP) is 2.67. The van der Waals surface area contributed by atoms with E-state index in [4.69, 9.17) is 5.11 Å². The van der Waals surface area contributed by atoms with E-state index in [0.29, 0.717) is 6.42 Å². The quantitative estimate of drug-likeness (QED) is 0.460. The zero-order valence-electron chi connectivity index (χ0n) is 7.34. The van der Waals surface area contributed by atoms with Gasteiger partial charge in [0.1, 0.15) is 0 Å². The average molecular weight is 154 g/mol. The molecule has 0 aromatic rings. The molecule has 11 heavy (non-hydrogen) atoms. The van der Waals surface area contributed by atoms with E-state index in [1.165, 1.54) is 12.8 Å². The van der Waals surface area contributed by atoms with Gasteiger partial charge < -0.3 is 5.11 Å². The third kappa shape index (κ3) is 7.34. The molecule has 0 unspecified atom stereocenters. The van der Waals surface area contributed by atoms with E-state index in [0.717, 1.165) is 12.0 Å². The second-order valence-corrected chi connectivity index (χ2v) is 2.68. The van der Waals surface area contributed by atoms with Crippen LogP contribution in [0.15, 0.2) is 24.3 Å². The van der Waals surface area contributed by atoms with Crippen molar-refractivity contribution in [3.8, 4) is 0 Å². The molecule has 0 saturated carbocycles. The lowest BCUT2D eigenvalue weighted by Gasteiger charge is -1.94. The minimum absolute atomic E-state index is 0.205. The number of aliphatic hydroxyl groups is 1. The van der Waals surface area contributed by atoms with Crippen molar-refractivity contribution in [3.05, 3.63) is 24.3 Å². The highest BCUT2D eigenvalue weighted by molar-refractivity contribution is 5.13. The van der Waals surface area contributed by atoms with Gasteiger partial charge in [0.05, 0.1) is 0 Å². The molecule has 1 heteroatoms. The number of aliphatic hydroxyl groups excluding tert-OH is 1. The summed E-state index contributed by atoms with van der Waals surface area (Å²) in [5.41, 5.74) is 1.02. The van der Waals surface area contributed by atoms with Gasteiger partial charge in [-0.3, -0.25) is 0 Å². The summed E-state index contributed by atoms with van der Waals surface area (Å²) in [5.74, 6) is 0. The molecule has 0 spiro atoms. The third-order valence-electron chi connectivity index (χ3n) is 1.51. The average Bonchev–Trinajstić information content (AvgIpc) is 1.99. The number of allylic oxidation sites excluding steroid dienone is 2. The Morgan fingerprint density at radius 1 is 1.55 bits per heavy atom. The Morgan fingerprint density at radius 3 is 2.82 bits per heavy atom. The maximum atomic E-state index is 8.54. The number of unbranched alkanes of at least 4 members (excludes halogenated alkanes) is 2. The van der Waals surface area contributed by atoms with Gasteiger partial charge in [0, 0.05) is 6.61 Å². The van der Waals surface area contributed by atoms with Crippen LogP contribution in [0.25, 0.3) is 0 Å². The number of hydrogen-bond acceptors (Lipinski definition) is 1. The Bertz CT molecular complexity index is 125. The van der Waals surface area contributed by atoms with E-state index in [1.807, 2.05) is 6.08 Å². The molecule has 0 atom stereocenters. The van der Waals surface area contributed by atoms with Crippen molar-refractivity contribution in [2.45, 2.75) is 32.6 Å². The summed E-state index contributed by atoms with van der Waals surface area (Å²) >= 11 is 0. The van der Waals surface area contributed by atoms with Gasteiger partial charge in [0.25, 0.3) is 0 Å². The van der Waals surface area contributed by atoms with Gasteiger partial charge in [0.15, 0.2) is 0 Å². The fourth-order valence-corrected chi connectivity index (χ4v) is 0.799. The Labute approximate surface area is 69.4 Å². The first-order chi connectivity index (χ1) is 5.31. The smallest absolute Gasteiger partial charge is 0.0471 e. The highest BCUT2D eigenvalue weighted by atomic mass is 16.2. The summed E-state index contributed by atoms with van der Waals surface area (Å²) in [6.07, 6.45) is 8.43. The molecule has 0 amide bonds. The molecular formula is C10H18O. The lowest BCUT2D eigenvalue weighted by atomic mass is 10.2. The van der Waals surface area contributed by atoms with E-state index in [-0.39, 0.29) is 6.61 Å². The van der Waals surface area contributed by atoms with Crippen molar-refractivity contribution in [2.24, 2.45) is 0 Å². The molecule has 0 rings (SSSR count). The van der Waals surface area contributed by atoms with E-state index >= 15 is 0 Å². The van der Waals surface area contributed by atoms with Gasteiger partial charge in [0.2, 0.25) is 0 Å². The van der Waals surface area contributed by atoms with Crippen LogP contribution < -0.4 is 0 Å². The normalized spacial score (nSPS) is 10.7. The largest absolute Gasteiger partial charge is 0.396 e. The van der Waals surface area contributed by atoms with Crippen LogP contribution in [0.3, 0.4) is 0 Å². The molecule has 0 aliphatic rings. The summed E-state index contributed by atoms with van der Waals surface area (Å²) in [6.45, 7) is 6.18. The SMILES string of the molecule is C=C(/C=C/CCCC)CCO. The minimum atomic E-state index is 0.205. The lowest BCUT2D eigenvalue weighted by molar-refractivity contribution is 0.300. The Hall–Kier alpha value is -0.560. The standard InChI is InChI=1S/C10H18O/c1-3-4-5-6-7-10(2)8-9-11/h6-7,11H,2-5,8-9H2,1H3/b7-6+. The number of hydrogen-bond donors (Lipinski definition) is 1. The van der Waals surface area contributed by atoms with E-state index < -0.39 is 0 Å². The monoisotopic (exact) mass is 154 g/mol. The lowest BCUT2D eigenvalue weighted by Crippen LogP contribution is -1.82. The highest BCUT2D eigenvalue weighted by Gasteiger charge is 1.85. The fraction of sp³-hybridized carbons (Fsp3) is 0.600. The van der Waals surface area contributed by atoms with Crippen LogP contribution in [-0.2, 0) is 0 Å². The fourth-order valence-electron chi connectivity index (χ4n) is 0.799. The van der Waals surface area contributed by atoms with Crippen molar-refractivity contribution in [1.82, 2.24) is 0 Å². The predicted molar refractivity (Wildman–Crippen MR) is 49.5 cm³/mol. The maximum Gasteiger partial charge on any atom is 0.0471 e. The first kappa shape index (κ1) is 10.4. The molecule has 0 saturated heterocycles. The van der Waals surface area contributed by atoms with E-state index in [2.05, 4.69) is 19.6 Å². The second kappa shape index (κ2) is 7.55. The summed E-state index contributed by atoms with van der Waals surface area (Å²) < 4.78 is 0. The van der Waals surface area contributed by atoms with E-state index in [1.54, 1.807) is 0 Å². The van der Waals surface area contributed by atoms with Gasteiger partial charge in [-0.2, -0.15) is 0 Å². The first-order valence-corrected chi connectivity index (χ1v) is 4.26. The van der Waals surface area contributed by atoms with Gasteiger partial charge >= 0.3 is 0 Å². The molecule has 0 aromatic heterocycles. The summed E-state index contributed by atoms with van der Waals surface area (Å²) in [6, 6.07) is 0. The van der Waals surface area contributed by atoms with Gasteiger partial charge in [-0.05, 0) is 12.8 Å².